The predicted octanol–water partition coefficient (Wildman–Crippen LogP) is 3.18. The number of hydrogen-bond acceptors (Lipinski definition) is 5. The molecule has 0 bridgehead atoms. The minimum atomic E-state index is -0.0824. The number of fused-ring (bicyclic) bond motifs is 1. The highest BCUT2D eigenvalue weighted by Crippen LogP contribution is 2.33. The maximum atomic E-state index is 12.7. The maximum Gasteiger partial charge on any atom is 0.262 e. The van der Waals surface area contributed by atoms with Gasteiger partial charge in [0.25, 0.3) is 5.56 Å². The Balaban J connectivity index is 1.42. The second-order valence-corrected chi connectivity index (χ2v) is 8.15. The monoisotopic (exact) mass is 378 g/mol. The molecule has 3 aromatic rings. The Morgan fingerprint density at radius 3 is 2.75 bits per heavy atom. The molecule has 28 heavy (non-hydrogen) atoms. The quantitative estimate of drug-likeness (QED) is 0.754. The lowest BCUT2D eigenvalue weighted by molar-refractivity contribution is 0.250. The van der Waals surface area contributed by atoms with E-state index in [4.69, 9.17) is 4.98 Å². The van der Waals surface area contributed by atoms with E-state index in [9.17, 15) is 4.79 Å². The van der Waals surface area contributed by atoms with Crippen LogP contribution in [0.4, 0.5) is 0 Å². The molecule has 0 amide bonds. The fraction of sp³-hybridized carbons (Fsp3) is 0.524. The average molecular weight is 378 g/mol. The lowest BCUT2D eigenvalue weighted by atomic mass is 10.00. The molecule has 1 aliphatic carbocycles. The molecule has 1 saturated heterocycles. The van der Waals surface area contributed by atoms with E-state index < -0.39 is 0 Å². The largest absolute Gasteiger partial charge is 0.309 e. The van der Waals surface area contributed by atoms with Crippen LogP contribution in [0.3, 0.4) is 0 Å². The van der Waals surface area contributed by atoms with Crippen LogP contribution in [0.1, 0.15) is 68.4 Å². The van der Waals surface area contributed by atoms with Gasteiger partial charge in [0.05, 0.1) is 18.3 Å². The van der Waals surface area contributed by atoms with Gasteiger partial charge in [-0.05, 0) is 56.3 Å². The molecule has 4 heterocycles. The van der Waals surface area contributed by atoms with Crippen LogP contribution in [-0.2, 0) is 0 Å². The zero-order chi connectivity index (χ0) is 19.1. The molecule has 1 saturated carbocycles. The Bertz CT molecular complexity index is 1020. The van der Waals surface area contributed by atoms with Crippen LogP contribution in [0.2, 0.25) is 0 Å². The van der Waals surface area contributed by atoms with E-state index >= 15 is 0 Å². The Morgan fingerprint density at radius 2 is 1.96 bits per heavy atom. The Labute approximate surface area is 163 Å². The van der Waals surface area contributed by atoms with E-state index in [-0.39, 0.29) is 11.6 Å². The molecule has 1 unspecified atom stereocenters. The molecule has 1 aliphatic heterocycles. The van der Waals surface area contributed by atoms with E-state index in [1.54, 1.807) is 6.20 Å². The van der Waals surface area contributed by atoms with E-state index in [0.29, 0.717) is 17.3 Å². The van der Waals surface area contributed by atoms with Gasteiger partial charge in [-0.3, -0.25) is 14.7 Å². The molecule has 0 spiro atoms. The van der Waals surface area contributed by atoms with Crippen molar-refractivity contribution in [1.29, 1.82) is 0 Å². The van der Waals surface area contributed by atoms with Gasteiger partial charge in [0, 0.05) is 18.9 Å². The molecule has 146 valence electrons. The zero-order valence-electron chi connectivity index (χ0n) is 16.2. The molecule has 2 aliphatic rings. The van der Waals surface area contributed by atoms with Crippen molar-refractivity contribution in [2.75, 3.05) is 13.1 Å². The fourth-order valence-corrected chi connectivity index (χ4v) is 4.79. The second kappa shape index (κ2) is 7.13. The summed E-state index contributed by atoms with van der Waals surface area (Å²) in [5.41, 5.74) is 1.99. The first-order valence-corrected chi connectivity index (χ1v) is 10.3. The number of aromatic nitrogens is 5. The van der Waals surface area contributed by atoms with Crippen LogP contribution in [0, 0.1) is 0 Å². The number of nitrogens with zero attached hydrogens (tertiary/aromatic N) is 5. The molecule has 0 aromatic carbocycles. The third-order valence-electron chi connectivity index (χ3n) is 6.49. The van der Waals surface area contributed by atoms with Gasteiger partial charge in [0.2, 0.25) is 0 Å². The molecule has 7 nitrogen and oxygen atoms in total. The highest BCUT2D eigenvalue weighted by molar-refractivity contribution is 5.73. The van der Waals surface area contributed by atoms with Gasteiger partial charge >= 0.3 is 0 Å². The Kier molecular flexibility index (Phi) is 4.47. The molecule has 0 radical (unpaired) electrons. The highest BCUT2D eigenvalue weighted by atomic mass is 16.1. The second-order valence-electron chi connectivity index (χ2n) is 8.15. The standard InChI is InChI=1S/C21H26N6O/c1-14(26-11-8-16(13-26)15-6-9-22-10-7-15)19-24-20-18(21(28)25-19)12-23-27(20)17-4-2-3-5-17/h6-7,9-10,12,14,16-17H,2-5,8,11,13H2,1H3,(H,24,25,28)/t14-,16?/m1/s1. The molecule has 2 atom stereocenters. The van der Waals surface area contributed by atoms with Gasteiger partial charge in [0.1, 0.15) is 11.2 Å². The number of likely N-dealkylation sites (tertiary alicyclic amines) is 1. The fourth-order valence-electron chi connectivity index (χ4n) is 4.79. The van der Waals surface area contributed by atoms with Crippen LogP contribution < -0.4 is 5.56 Å². The summed E-state index contributed by atoms with van der Waals surface area (Å²) < 4.78 is 1.98. The molecule has 5 rings (SSSR count). The van der Waals surface area contributed by atoms with Crippen molar-refractivity contribution in [3.63, 3.8) is 0 Å². The van der Waals surface area contributed by atoms with E-state index in [1.807, 2.05) is 17.1 Å². The third kappa shape index (κ3) is 3.03. The summed E-state index contributed by atoms with van der Waals surface area (Å²) in [6.07, 6.45) is 11.2. The summed E-state index contributed by atoms with van der Waals surface area (Å²) in [4.78, 5) is 27.1. The van der Waals surface area contributed by atoms with Gasteiger partial charge < -0.3 is 4.98 Å². The van der Waals surface area contributed by atoms with Crippen molar-refractivity contribution in [3.8, 4) is 0 Å². The van der Waals surface area contributed by atoms with Crippen LogP contribution in [-0.4, -0.2) is 42.7 Å². The number of aromatic amines is 1. The molecule has 1 N–H and O–H groups in total. The van der Waals surface area contributed by atoms with Crippen molar-refractivity contribution in [2.24, 2.45) is 0 Å². The summed E-state index contributed by atoms with van der Waals surface area (Å²) in [5, 5.41) is 5.10. The summed E-state index contributed by atoms with van der Waals surface area (Å²) in [6, 6.07) is 4.64. The molecule has 7 heteroatoms. The summed E-state index contributed by atoms with van der Waals surface area (Å²) in [6.45, 7) is 4.10. The Morgan fingerprint density at radius 1 is 1.18 bits per heavy atom. The van der Waals surface area contributed by atoms with Gasteiger partial charge in [-0.25, -0.2) is 9.67 Å². The summed E-state index contributed by atoms with van der Waals surface area (Å²) >= 11 is 0. The first-order valence-electron chi connectivity index (χ1n) is 10.3. The summed E-state index contributed by atoms with van der Waals surface area (Å²) in [7, 11) is 0. The van der Waals surface area contributed by atoms with E-state index in [2.05, 4.69) is 39.0 Å². The van der Waals surface area contributed by atoms with Crippen molar-refractivity contribution >= 4 is 11.0 Å². The topological polar surface area (TPSA) is 79.7 Å². The number of pyridine rings is 1. The van der Waals surface area contributed by atoms with Crippen LogP contribution in [0.25, 0.3) is 11.0 Å². The van der Waals surface area contributed by atoms with Gasteiger partial charge in [-0.1, -0.05) is 12.8 Å². The molecule has 3 aromatic heterocycles. The van der Waals surface area contributed by atoms with Crippen molar-refractivity contribution in [1.82, 2.24) is 29.6 Å². The van der Waals surface area contributed by atoms with E-state index in [0.717, 1.165) is 43.8 Å². The number of rotatable bonds is 4. The maximum absolute atomic E-state index is 12.7. The van der Waals surface area contributed by atoms with Gasteiger partial charge in [0.15, 0.2) is 5.65 Å². The Hall–Kier alpha value is -2.54. The minimum Gasteiger partial charge on any atom is -0.309 e. The normalized spacial score (nSPS) is 22.2. The van der Waals surface area contributed by atoms with Crippen LogP contribution in [0.5, 0.6) is 0 Å². The first kappa shape index (κ1) is 17.6. The molecular formula is C21H26N6O. The zero-order valence-corrected chi connectivity index (χ0v) is 16.2. The minimum absolute atomic E-state index is 0.0656. The average Bonchev–Trinajstić information content (AvgIpc) is 3.47. The lowest BCUT2D eigenvalue weighted by Gasteiger charge is -2.23. The van der Waals surface area contributed by atoms with Crippen molar-refractivity contribution in [3.05, 3.63) is 52.5 Å². The van der Waals surface area contributed by atoms with Crippen molar-refractivity contribution in [2.45, 2.75) is 57.0 Å². The predicted molar refractivity (Wildman–Crippen MR) is 107 cm³/mol. The SMILES string of the molecule is C[C@H](c1nc2c(cnn2C2CCCC2)c(=O)[nH]1)N1CCC(c2ccncc2)C1. The van der Waals surface area contributed by atoms with Gasteiger partial charge in [-0.2, -0.15) is 5.10 Å². The number of hydrogen-bond donors (Lipinski definition) is 1. The van der Waals surface area contributed by atoms with Crippen LogP contribution in [0.15, 0.2) is 35.5 Å². The summed E-state index contributed by atoms with van der Waals surface area (Å²) in [5.74, 6) is 1.25. The highest BCUT2D eigenvalue weighted by Gasteiger charge is 2.30. The molecular weight excluding hydrogens is 352 g/mol. The smallest absolute Gasteiger partial charge is 0.262 e. The first-order chi connectivity index (χ1) is 13.7. The van der Waals surface area contributed by atoms with Crippen LogP contribution >= 0.6 is 0 Å². The number of H-pyrrole nitrogens is 1. The van der Waals surface area contributed by atoms with Crippen molar-refractivity contribution < 1.29 is 0 Å². The third-order valence-corrected chi connectivity index (χ3v) is 6.49. The lowest BCUT2D eigenvalue weighted by Crippen LogP contribution is -2.28. The molecule has 2 fully saturated rings. The van der Waals surface area contributed by atoms with E-state index in [1.165, 1.54) is 18.4 Å². The number of nitrogens with one attached hydrogen (secondary N) is 1. The van der Waals surface area contributed by atoms with Gasteiger partial charge in [-0.15, -0.1) is 0 Å².